The van der Waals surface area contributed by atoms with Gasteiger partial charge in [0.2, 0.25) is 0 Å². The van der Waals surface area contributed by atoms with Crippen molar-refractivity contribution in [2.75, 3.05) is 24.2 Å². The number of sulfonamides is 1. The molecule has 1 unspecified atom stereocenters. The number of rotatable bonds is 5. The highest BCUT2D eigenvalue weighted by molar-refractivity contribution is 7.90. The van der Waals surface area contributed by atoms with E-state index in [0.29, 0.717) is 5.69 Å². The molecule has 0 bridgehead atoms. The van der Waals surface area contributed by atoms with E-state index in [0.717, 1.165) is 67.9 Å². The van der Waals surface area contributed by atoms with Crippen LogP contribution in [0.15, 0.2) is 60.0 Å². The minimum Gasteiger partial charge on any atom is -0.357 e. The number of quaternary nitrogens is 1. The number of anilines is 1. The monoisotopic (exact) mass is 462 g/mol. The van der Waals surface area contributed by atoms with Crippen molar-refractivity contribution in [3.8, 4) is 6.07 Å². The van der Waals surface area contributed by atoms with Crippen LogP contribution in [-0.2, 0) is 10.0 Å². The van der Waals surface area contributed by atoms with Gasteiger partial charge in [-0.15, -0.1) is 0 Å². The Kier molecular flexibility index (Phi) is 5.55. The van der Waals surface area contributed by atoms with Gasteiger partial charge in [-0.2, -0.15) is 13.7 Å². The molecule has 2 aromatic rings. The van der Waals surface area contributed by atoms with Gasteiger partial charge in [0.25, 0.3) is 0 Å². The number of piperidine rings is 1. The Hall–Kier alpha value is -3.02. The number of nitriles is 1. The zero-order valence-corrected chi connectivity index (χ0v) is 19.6. The van der Waals surface area contributed by atoms with Crippen molar-refractivity contribution in [2.45, 2.75) is 32.1 Å². The molecule has 1 aromatic heterocycles. The van der Waals surface area contributed by atoms with Crippen LogP contribution in [0.2, 0.25) is 0 Å². The van der Waals surface area contributed by atoms with Gasteiger partial charge in [-0.3, -0.25) is 0 Å². The lowest BCUT2D eigenvalue weighted by Gasteiger charge is -2.30. The number of aromatic nitrogens is 1. The molecular formula is C25H28N5O2S+. The van der Waals surface area contributed by atoms with Gasteiger partial charge in [-0.25, -0.2) is 4.98 Å². The van der Waals surface area contributed by atoms with Gasteiger partial charge in [0.1, 0.15) is 11.5 Å². The Morgan fingerprint density at radius 3 is 2.33 bits per heavy atom. The van der Waals surface area contributed by atoms with E-state index in [4.69, 9.17) is 15.3 Å². The van der Waals surface area contributed by atoms with Gasteiger partial charge < -0.3 is 4.90 Å². The molecule has 1 atom stereocenters. The molecule has 0 radical (unpaired) electrons. The van der Waals surface area contributed by atoms with E-state index in [1.165, 1.54) is 6.26 Å². The highest BCUT2D eigenvalue weighted by atomic mass is 32.2. The number of para-hydroxylation sites is 1. The fourth-order valence-corrected chi connectivity index (χ4v) is 5.83. The van der Waals surface area contributed by atoms with E-state index < -0.39 is 14.0 Å². The van der Waals surface area contributed by atoms with Crippen molar-refractivity contribution in [1.82, 2.24) is 8.98 Å². The Balaban J connectivity index is 1.52. The molecule has 33 heavy (non-hydrogen) atoms. The van der Waals surface area contributed by atoms with E-state index in [-0.39, 0.29) is 11.8 Å². The smallest absolute Gasteiger partial charge is 0.328 e. The largest absolute Gasteiger partial charge is 0.357 e. The molecule has 3 aliphatic rings. The van der Waals surface area contributed by atoms with Gasteiger partial charge in [0.05, 0.1) is 17.9 Å². The third kappa shape index (κ3) is 3.85. The van der Waals surface area contributed by atoms with Gasteiger partial charge in [0.15, 0.2) is 11.9 Å². The second-order valence-corrected chi connectivity index (χ2v) is 11.2. The molecule has 2 fully saturated rings. The molecule has 0 N–H and O–H groups in total. The van der Waals surface area contributed by atoms with Crippen molar-refractivity contribution >= 4 is 32.8 Å². The molecule has 0 spiro atoms. The third-order valence-electron chi connectivity index (χ3n) is 7.02. The first-order chi connectivity index (χ1) is 15.9. The minimum atomic E-state index is -3.62. The van der Waals surface area contributed by atoms with Crippen molar-refractivity contribution in [1.29, 1.82) is 5.26 Å². The number of hydrogen-bond donors (Lipinski definition) is 0. The summed E-state index contributed by atoms with van der Waals surface area (Å²) in [5.74, 6) is 1.29. The number of benzene rings is 1. The van der Waals surface area contributed by atoms with E-state index in [1.807, 2.05) is 48.7 Å². The first kappa shape index (κ1) is 21.8. The van der Waals surface area contributed by atoms with Crippen LogP contribution in [0.4, 0.5) is 11.5 Å². The molecule has 0 amide bonds. The summed E-state index contributed by atoms with van der Waals surface area (Å²) in [4.78, 5) is 6.92. The minimum absolute atomic E-state index is 0.130. The second kappa shape index (κ2) is 8.40. The predicted octanol–water partition coefficient (Wildman–Crippen LogP) is 4.30. The fourth-order valence-electron chi connectivity index (χ4n) is 4.79. The summed E-state index contributed by atoms with van der Waals surface area (Å²) in [5, 5.41) is 14.0. The summed E-state index contributed by atoms with van der Waals surface area (Å²) in [6.45, 7) is 1.65. The van der Waals surface area contributed by atoms with E-state index in [9.17, 15) is 8.42 Å². The summed E-state index contributed by atoms with van der Waals surface area (Å²) in [5.41, 5.74) is 3.21. The normalized spacial score (nSPS) is 24.1. The molecule has 8 heteroatoms. The summed E-state index contributed by atoms with van der Waals surface area (Å²) >= 11 is 0. The maximum absolute atomic E-state index is 13.1. The SMILES string of the molecule is CS(=O)(=O)[N+]1(c2ccccc2)C=C(c2ccc(N3CCC(C#N)CC3)nc2)C(C2CCC2)=N1. The molecule has 1 aliphatic carbocycles. The molecule has 1 saturated heterocycles. The van der Waals surface area contributed by atoms with Gasteiger partial charge in [-0.05, 0) is 41.8 Å². The molecule has 1 aromatic carbocycles. The van der Waals surface area contributed by atoms with Crippen molar-refractivity contribution in [2.24, 2.45) is 16.9 Å². The number of hydrogen-bond acceptors (Lipinski definition) is 6. The highest BCUT2D eigenvalue weighted by Gasteiger charge is 2.48. The Morgan fingerprint density at radius 2 is 1.79 bits per heavy atom. The van der Waals surface area contributed by atoms with Crippen LogP contribution in [0.5, 0.6) is 0 Å². The highest BCUT2D eigenvalue weighted by Crippen LogP contribution is 2.43. The quantitative estimate of drug-likeness (QED) is 0.619. The number of nitrogens with zero attached hydrogens (tertiary/aromatic N) is 5. The number of allylic oxidation sites excluding steroid dienone is 1. The molecule has 5 rings (SSSR count). The van der Waals surface area contributed by atoms with Crippen molar-refractivity contribution in [3.05, 3.63) is 60.4 Å². The lowest BCUT2D eigenvalue weighted by molar-refractivity contribution is 0.411. The van der Waals surface area contributed by atoms with Crippen LogP contribution in [0.3, 0.4) is 0 Å². The summed E-state index contributed by atoms with van der Waals surface area (Å²) in [6, 6.07) is 15.6. The standard InChI is InChI=1S/C25H28N5O2S/c1-33(31,32)30(22-8-3-2-4-9-22)18-23(25(28-30)20-6-5-7-20)21-10-11-24(27-17-21)29-14-12-19(16-26)13-15-29/h2-4,8-11,17-20H,5-7,12-15H2,1H3/q+1. The molecule has 7 nitrogen and oxygen atoms in total. The third-order valence-corrected chi connectivity index (χ3v) is 8.43. The molecule has 3 heterocycles. The average Bonchev–Trinajstić information content (AvgIpc) is 3.20. The predicted molar refractivity (Wildman–Crippen MR) is 131 cm³/mol. The average molecular weight is 463 g/mol. The molecular weight excluding hydrogens is 434 g/mol. The fraction of sp³-hybridized carbons (Fsp3) is 0.400. The van der Waals surface area contributed by atoms with E-state index >= 15 is 0 Å². The molecule has 1 saturated carbocycles. The molecule has 2 aliphatic heterocycles. The van der Waals surface area contributed by atoms with Gasteiger partial charge in [0, 0.05) is 48.8 Å². The summed E-state index contributed by atoms with van der Waals surface area (Å²) in [6.07, 6.45) is 9.74. The lowest BCUT2D eigenvalue weighted by atomic mass is 9.78. The van der Waals surface area contributed by atoms with Crippen LogP contribution in [0.25, 0.3) is 5.57 Å². The van der Waals surface area contributed by atoms with Crippen LogP contribution in [-0.4, -0.2) is 38.5 Å². The summed E-state index contributed by atoms with van der Waals surface area (Å²) in [7, 11) is -3.62. The van der Waals surface area contributed by atoms with Crippen molar-refractivity contribution < 1.29 is 8.42 Å². The van der Waals surface area contributed by atoms with Crippen LogP contribution < -0.4 is 8.90 Å². The van der Waals surface area contributed by atoms with Crippen molar-refractivity contribution in [3.63, 3.8) is 0 Å². The topological polar surface area (TPSA) is 86.4 Å². The second-order valence-electron chi connectivity index (χ2n) is 9.14. The van der Waals surface area contributed by atoms with Crippen LogP contribution in [0.1, 0.15) is 37.7 Å². The van der Waals surface area contributed by atoms with Crippen LogP contribution >= 0.6 is 0 Å². The zero-order chi connectivity index (χ0) is 23.1. The maximum atomic E-state index is 13.1. The zero-order valence-electron chi connectivity index (χ0n) is 18.8. The van der Waals surface area contributed by atoms with E-state index in [2.05, 4.69) is 11.0 Å². The first-order valence-corrected chi connectivity index (χ1v) is 13.3. The molecule has 170 valence electrons. The van der Waals surface area contributed by atoms with Crippen LogP contribution in [0, 0.1) is 23.2 Å². The first-order valence-electron chi connectivity index (χ1n) is 11.5. The Bertz CT molecular complexity index is 1240. The summed E-state index contributed by atoms with van der Waals surface area (Å²) < 4.78 is 25.6. The van der Waals surface area contributed by atoms with E-state index in [1.54, 1.807) is 6.20 Å². The maximum Gasteiger partial charge on any atom is 0.328 e. The van der Waals surface area contributed by atoms with Gasteiger partial charge in [-0.1, -0.05) is 29.7 Å². The lowest BCUT2D eigenvalue weighted by Crippen LogP contribution is -2.42. The van der Waals surface area contributed by atoms with Gasteiger partial charge >= 0.3 is 10.0 Å². The number of pyridine rings is 1. The Morgan fingerprint density at radius 1 is 1.06 bits per heavy atom. The Labute approximate surface area is 195 Å².